The Morgan fingerprint density at radius 3 is 2.81 bits per heavy atom. The third-order valence-corrected chi connectivity index (χ3v) is 3.85. The van der Waals surface area contributed by atoms with Crippen LogP contribution in [0.3, 0.4) is 0 Å². The SMILES string of the molecule is Cc1n[nH]c(=S)n(/N=C/c2ccccc2OCc2ccccc2F)c1=O. The molecule has 0 bridgehead atoms. The Hall–Kier alpha value is -3.13. The van der Waals surface area contributed by atoms with Gasteiger partial charge in [0.1, 0.15) is 23.9 Å². The largest absolute Gasteiger partial charge is 0.488 e. The van der Waals surface area contributed by atoms with Gasteiger partial charge in [-0.05, 0) is 37.3 Å². The first-order chi connectivity index (χ1) is 12.6. The lowest BCUT2D eigenvalue weighted by Gasteiger charge is -2.09. The summed E-state index contributed by atoms with van der Waals surface area (Å²) in [4.78, 5) is 12.1. The predicted molar refractivity (Wildman–Crippen MR) is 98.6 cm³/mol. The number of aromatic nitrogens is 3. The Bertz CT molecular complexity index is 1080. The van der Waals surface area contributed by atoms with Gasteiger partial charge in [-0.15, -0.1) is 0 Å². The van der Waals surface area contributed by atoms with E-state index < -0.39 is 5.56 Å². The van der Waals surface area contributed by atoms with Crippen molar-refractivity contribution in [2.75, 3.05) is 0 Å². The summed E-state index contributed by atoms with van der Waals surface area (Å²) in [7, 11) is 0. The third kappa shape index (κ3) is 3.92. The molecule has 0 spiro atoms. The first-order valence-corrected chi connectivity index (χ1v) is 8.15. The molecule has 1 aromatic heterocycles. The molecule has 0 aliphatic heterocycles. The third-order valence-electron chi connectivity index (χ3n) is 3.59. The van der Waals surface area contributed by atoms with Crippen molar-refractivity contribution in [3.63, 3.8) is 0 Å². The second kappa shape index (κ2) is 7.83. The van der Waals surface area contributed by atoms with Crippen LogP contribution in [0, 0.1) is 17.5 Å². The van der Waals surface area contributed by atoms with Crippen LogP contribution in [-0.2, 0) is 6.61 Å². The molecule has 26 heavy (non-hydrogen) atoms. The molecule has 0 aliphatic carbocycles. The van der Waals surface area contributed by atoms with Gasteiger partial charge in [0.05, 0.1) is 6.21 Å². The minimum atomic E-state index is -0.408. The van der Waals surface area contributed by atoms with Gasteiger partial charge < -0.3 is 4.74 Å². The van der Waals surface area contributed by atoms with Gasteiger partial charge in [0.2, 0.25) is 4.77 Å². The fraction of sp³-hybridized carbons (Fsp3) is 0.111. The second-order valence-electron chi connectivity index (χ2n) is 5.39. The van der Waals surface area contributed by atoms with Crippen molar-refractivity contribution in [1.29, 1.82) is 0 Å². The molecule has 0 fully saturated rings. The van der Waals surface area contributed by atoms with Crippen LogP contribution in [0.5, 0.6) is 5.75 Å². The van der Waals surface area contributed by atoms with E-state index in [0.717, 1.165) is 4.68 Å². The molecule has 0 saturated heterocycles. The van der Waals surface area contributed by atoms with E-state index in [1.54, 1.807) is 49.4 Å². The van der Waals surface area contributed by atoms with Gasteiger partial charge in [0.15, 0.2) is 0 Å². The van der Waals surface area contributed by atoms with E-state index in [1.807, 2.05) is 0 Å². The molecule has 1 N–H and O–H groups in total. The number of rotatable bonds is 5. The number of benzene rings is 2. The summed E-state index contributed by atoms with van der Waals surface area (Å²) in [5.74, 6) is 0.178. The number of ether oxygens (including phenoxy) is 1. The van der Waals surface area contributed by atoms with Crippen molar-refractivity contribution < 1.29 is 9.13 Å². The number of para-hydroxylation sites is 1. The van der Waals surface area contributed by atoms with Crippen molar-refractivity contribution in [2.24, 2.45) is 5.10 Å². The first-order valence-electron chi connectivity index (χ1n) is 7.74. The van der Waals surface area contributed by atoms with Crippen LogP contribution in [-0.4, -0.2) is 21.1 Å². The van der Waals surface area contributed by atoms with Gasteiger partial charge in [-0.25, -0.2) is 4.39 Å². The zero-order valence-electron chi connectivity index (χ0n) is 13.8. The normalized spacial score (nSPS) is 11.0. The highest BCUT2D eigenvalue weighted by molar-refractivity contribution is 7.71. The minimum absolute atomic E-state index is 0.0753. The van der Waals surface area contributed by atoms with Crippen LogP contribution < -0.4 is 10.3 Å². The number of H-pyrrole nitrogens is 1. The number of hydrogen-bond donors (Lipinski definition) is 1. The van der Waals surface area contributed by atoms with Crippen molar-refractivity contribution in [3.8, 4) is 5.75 Å². The fourth-order valence-corrected chi connectivity index (χ4v) is 2.36. The summed E-state index contributed by atoms with van der Waals surface area (Å²) in [5.41, 5.74) is 0.914. The van der Waals surface area contributed by atoms with E-state index in [9.17, 15) is 9.18 Å². The quantitative estimate of drug-likeness (QED) is 0.553. The maximum Gasteiger partial charge on any atom is 0.296 e. The lowest BCUT2D eigenvalue weighted by Crippen LogP contribution is -2.22. The molecule has 0 atom stereocenters. The zero-order chi connectivity index (χ0) is 18.5. The predicted octanol–water partition coefficient (Wildman–Crippen LogP) is 3.21. The Kier molecular flexibility index (Phi) is 5.33. The molecule has 3 aromatic rings. The first kappa shape index (κ1) is 17.7. The topological polar surface area (TPSA) is 72.3 Å². The number of aromatic amines is 1. The number of nitrogens with zero attached hydrogens (tertiary/aromatic N) is 3. The lowest BCUT2D eigenvalue weighted by atomic mass is 10.2. The Morgan fingerprint density at radius 2 is 2.00 bits per heavy atom. The summed E-state index contributed by atoms with van der Waals surface area (Å²) >= 11 is 5.04. The van der Waals surface area contributed by atoms with E-state index in [-0.39, 0.29) is 22.9 Å². The van der Waals surface area contributed by atoms with Crippen molar-refractivity contribution in [1.82, 2.24) is 14.9 Å². The van der Waals surface area contributed by atoms with Gasteiger partial charge >= 0.3 is 0 Å². The van der Waals surface area contributed by atoms with Crippen molar-refractivity contribution in [2.45, 2.75) is 13.5 Å². The maximum atomic E-state index is 13.7. The molecule has 3 rings (SSSR count). The number of nitrogens with one attached hydrogen (secondary N) is 1. The summed E-state index contributed by atoms with van der Waals surface area (Å²) in [6.07, 6.45) is 1.46. The molecular weight excluding hydrogens is 355 g/mol. The average molecular weight is 370 g/mol. The highest BCUT2D eigenvalue weighted by atomic mass is 32.1. The summed E-state index contributed by atoms with van der Waals surface area (Å²) in [6, 6.07) is 13.5. The van der Waals surface area contributed by atoms with Crippen LogP contribution in [0.1, 0.15) is 16.8 Å². The fourth-order valence-electron chi connectivity index (χ4n) is 2.19. The van der Waals surface area contributed by atoms with Gasteiger partial charge in [0.25, 0.3) is 5.56 Å². The van der Waals surface area contributed by atoms with Crippen LogP contribution in [0.2, 0.25) is 0 Å². The molecule has 2 aromatic carbocycles. The maximum absolute atomic E-state index is 13.7. The molecule has 1 heterocycles. The zero-order valence-corrected chi connectivity index (χ0v) is 14.7. The van der Waals surface area contributed by atoms with E-state index in [4.69, 9.17) is 17.0 Å². The van der Waals surface area contributed by atoms with Crippen LogP contribution >= 0.6 is 12.2 Å². The molecular formula is C18H15FN4O2S. The van der Waals surface area contributed by atoms with Crippen molar-refractivity contribution in [3.05, 3.63) is 86.3 Å². The van der Waals surface area contributed by atoms with E-state index >= 15 is 0 Å². The summed E-state index contributed by atoms with van der Waals surface area (Å²) in [6.45, 7) is 1.64. The highest BCUT2D eigenvalue weighted by Crippen LogP contribution is 2.18. The number of halogens is 1. The summed E-state index contributed by atoms with van der Waals surface area (Å²) in [5, 5.41) is 10.5. The molecule has 0 amide bonds. The van der Waals surface area contributed by atoms with Gasteiger partial charge in [-0.3, -0.25) is 9.89 Å². The molecule has 132 valence electrons. The van der Waals surface area contributed by atoms with Crippen LogP contribution in [0.4, 0.5) is 4.39 Å². The molecule has 0 saturated carbocycles. The minimum Gasteiger partial charge on any atom is -0.488 e. The monoisotopic (exact) mass is 370 g/mol. The average Bonchev–Trinajstić information content (AvgIpc) is 2.65. The smallest absolute Gasteiger partial charge is 0.296 e. The Balaban J connectivity index is 1.86. The molecule has 8 heteroatoms. The Labute approximate surface area is 153 Å². The van der Waals surface area contributed by atoms with Gasteiger partial charge in [-0.2, -0.15) is 14.9 Å². The van der Waals surface area contributed by atoms with Gasteiger partial charge in [0, 0.05) is 11.1 Å². The van der Waals surface area contributed by atoms with E-state index in [2.05, 4.69) is 15.3 Å². The molecule has 6 nitrogen and oxygen atoms in total. The molecule has 0 aliphatic rings. The van der Waals surface area contributed by atoms with Gasteiger partial charge in [-0.1, -0.05) is 30.3 Å². The Morgan fingerprint density at radius 1 is 1.27 bits per heavy atom. The van der Waals surface area contributed by atoms with E-state index in [1.165, 1.54) is 12.3 Å². The van der Waals surface area contributed by atoms with Crippen LogP contribution in [0.15, 0.2) is 58.4 Å². The van der Waals surface area contributed by atoms with Crippen LogP contribution in [0.25, 0.3) is 0 Å². The molecule has 0 radical (unpaired) electrons. The lowest BCUT2D eigenvalue weighted by molar-refractivity contribution is 0.299. The number of hydrogen-bond acceptors (Lipinski definition) is 5. The second-order valence-corrected chi connectivity index (χ2v) is 5.78. The summed E-state index contributed by atoms with van der Waals surface area (Å²) < 4.78 is 20.6. The van der Waals surface area contributed by atoms with E-state index in [0.29, 0.717) is 16.9 Å². The standard InChI is InChI=1S/C18H15FN4O2S/c1-12-17(24)23(18(26)22-21-12)20-10-13-6-3-5-9-16(13)25-11-14-7-2-4-8-15(14)19/h2-10H,11H2,1H3,(H,22,26)/b20-10+. The number of aryl methyl sites for hydroxylation is 1. The van der Waals surface area contributed by atoms with Crippen molar-refractivity contribution >= 4 is 18.4 Å². The molecule has 0 unspecified atom stereocenters. The highest BCUT2D eigenvalue weighted by Gasteiger charge is 2.06.